The summed E-state index contributed by atoms with van der Waals surface area (Å²) in [5, 5.41) is 18.6. The number of non-ortho nitro benzene ring substituents is 1. The largest absolute Gasteiger partial charge is 0.480 e. The van der Waals surface area contributed by atoms with Crippen molar-refractivity contribution in [3.63, 3.8) is 0 Å². The number of aromatic nitrogens is 5. The van der Waals surface area contributed by atoms with Crippen molar-refractivity contribution in [1.82, 2.24) is 25.0 Å². The number of rotatable bonds is 8. The summed E-state index contributed by atoms with van der Waals surface area (Å²) >= 11 is 5.90. The van der Waals surface area contributed by atoms with E-state index in [0.717, 1.165) is 6.07 Å². The topological polar surface area (TPSA) is 161 Å². The lowest BCUT2D eigenvalue weighted by molar-refractivity contribution is -0.384. The number of carbonyl (C=O) groups is 1. The minimum absolute atomic E-state index is 0.0132. The zero-order valence-corrected chi connectivity index (χ0v) is 16.4. The summed E-state index contributed by atoms with van der Waals surface area (Å²) in [6.07, 6.45) is 3.21. The molecule has 0 saturated carbocycles. The lowest BCUT2D eigenvalue weighted by atomic mass is 10.3. The van der Waals surface area contributed by atoms with Crippen LogP contribution in [-0.4, -0.2) is 42.5 Å². The molecule has 0 fully saturated rings. The Labute approximate surface area is 174 Å². The summed E-state index contributed by atoms with van der Waals surface area (Å²) < 4.78 is 11.8. The molecule has 0 amide bonds. The van der Waals surface area contributed by atoms with Gasteiger partial charge >= 0.3 is 5.97 Å². The van der Waals surface area contributed by atoms with E-state index in [2.05, 4.69) is 20.3 Å². The lowest BCUT2D eigenvalue weighted by Gasteiger charge is -2.07. The zero-order chi connectivity index (χ0) is 21.7. The average Bonchev–Trinajstić information content (AvgIpc) is 3.15. The van der Waals surface area contributed by atoms with Gasteiger partial charge in [0.15, 0.2) is 6.61 Å². The maximum atomic E-state index is 11.9. The molecule has 3 rings (SSSR count). The minimum atomic E-state index is -0.671. The molecule has 3 aromatic rings. The molecule has 12 nitrogen and oxygen atoms in total. The summed E-state index contributed by atoms with van der Waals surface area (Å²) in [6, 6.07) is 3.66. The van der Waals surface area contributed by atoms with Crippen molar-refractivity contribution in [1.29, 1.82) is 0 Å². The number of esters is 1. The molecule has 1 aromatic carbocycles. The van der Waals surface area contributed by atoms with Gasteiger partial charge in [-0.25, -0.2) is 19.4 Å². The Bertz CT molecular complexity index is 1090. The molecule has 30 heavy (non-hydrogen) atoms. The number of aryl methyl sites for hydroxylation is 1. The highest BCUT2D eigenvalue weighted by atomic mass is 35.5. The van der Waals surface area contributed by atoms with Gasteiger partial charge in [-0.3, -0.25) is 10.1 Å². The molecule has 2 aromatic heterocycles. The van der Waals surface area contributed by atoms with Crippen molar-refractivity contribution in [2.24, 2.45) is 0 Å². The monoisotopic (exact) mass is 433 g/mol. The van der Waals surface area contributed by atoms with E-state index in [0.29, 0.717) is 29.4 Å². The number of nitro benzene ring substituents is 1. The Morgan fingerprint density at radius 2 is 2.20 bits per heavy atom. The van der Waals surface area contributed by atoms with Crippen LogP contribution in [0.1, 0.15) is 17.1 Å². The third kappa shape index (κ3) is 5.38. The predicted octanol–water partition coefficient (Wildman–Crippen LogP) is 1.69. The molecule has 0 aliphatic heterocycles. The van der Waals surface area contributed by atoms with Gasteiger partial charge in [0.2, 0.25) is 0 Å². The molecule has 2 heterocycles. The van der Waals surface area contributed by atoms with Gasteiger partial charge in [0.05, 0.1) is 22.7 Å². The maximum Gasteiger partial charge on any atom is 0.344 e. The second kappa shape index (κ2) is 9.13. The van der Waals surface area contributed by atoms with E-state index in [1.165, 1.54) is 16.8 Å². The van der Waals surface area contributed by atoms with Gasteiger partial charge in [0, 0.05) is 23.9 Å². The van der Waals surface area contributed by atoms with E-state index in [4.69, 9.17) is 26.8 Å². The van der Waals surface area contributed by atoms with E-state index in [9.17, 15) is 14.9 Å². The Morgan fingerprint density at radius 3 is 2.90 bits per heavy atom. The van der Waals surface area contributed by atoms with Gasteiger partial charge in [-0.05, 0) is 13.0 Å². The van der Waals surface area contributed by atoms with Crippen molar-refractivity contribution in [3.05, 3.63) is 62.8 Å². The number of nitro groups is 1. The Kier molecular flexibility index (Phi) is 6.37. The van der Waals surface area contributed by atoms with Gasteiger partial charge in [-0.1, -0.05) is 16.8 Å². The van der Waals surface area contributed by atoms with Crippen LogP contribution >= 0.6 is 11.6 Å². The van der Waals surface area contributed by atoms with E-state index in [1.54, 1.807) is 19.3 Å². The quantitative estimate of drug-likeness (QED) is 0.314. The van der Waals surface area contributed by atoms with E-state index in [-0.39, 0.29) is 23.1 Å². The minimum Gasteiger partial charge on any atom is -0.480 e. The molecule has 156 valence electrons. The zero-order valence-electron chi connectivity index (χ0n) is 15.7. The molecule has 0 radical (unpaired) electrons. The highest BCUT2D eigenvalue weighted by Gasteiger charge is 2.13. The van der Waals surface area contributed by atoms with Crippen LogP contribution in [0.15, 0.2) is 30.6 Å². The van der Waals surface area contributed by atoms with Crippen LogP contribution in [0.3, 0.4) is 0 Å². The number of benzene rings is 1. The van der Waals surface area contributed by atoms with Crippen LogP contribution in [0.4, 0.5) is 11.5 Å². The first kappa shape index (κ1) is 20.9. The molecule has 0 bridgehead atoms. The van der Waals surface area contributed by atoms with Crippen LogP contribution in [0.25, 0.3) is 0 Å². The molecule has 0 atom stereocenters. The summed E-state index contributed by atoms with van der Waals surface area (Å²) in [6.45, 7) is 1.51. The number of carbonyl (C=O) groups excluding carboxylic acids is 1. The molecule has 0 unspecified atom stereocenters. The molecular formula is C17H16ClN7O5. The number of nitrogens with two attached hydrogens (primary N) is 1. The summed E-state index contributed by atoms with van der Waals surface area (Å²) in [7, 11) is 0. The van der Waals surface area contributed by atoms with Gasteiger partial charge in [-0.15, -0.1) is 5.10 Å². The Morgan fingerprint density at radius 1 is 1.40 bits per heavy atom. The van der Waals surface area contributed by atoms with Crippen LogP contribution in [0.2, 0.25) is 5.02 Å². The average molecular weight is 434 g/mol. The lowest BCUT2D eigenvalue weighted by Crippen LogP contribution is -2.15. The van der Waals surface area contributed by atoms with Crippen LogP contribution in [0.5, 0.6) is 5.75 Å². The molecule has 13 heteroatoms. The number of hydrogen-bond donors (Lipinski definition) is 1. The number of nitrogen functional groups attached to an aromatic ring is 1. The summed E-state index contributed by atoms with van der Waals surface area (Å²) in [5.74, 6) is 0.380. The third-order valence-electron chi connectivity index (χ3n) is 3.79. The first-order chi connectivity index (χ1) is 14.3. The molecule has 0 saturated heterocycles. The summed E-state index contributed by atoms with van der Waals surface area (Å²) in [4.78, 5) is 30.1. The number of anilines is 1. The molecule has 0 spiro atoms. The normalized spacial score (nSPS) is 10.6. The molecule has 2 N–H and O–H groups in total. The van der Waals surface area contributed by atoms with E-state index in [1.807, 2.05) is 0 Å². The second-order valence-corrected chi connectivity index (χ2v) is 6.46. The van der Waals surface area contributed by atoms with Crippen LogP contribution < -0.4 is 10.5 Å². The van der Waals surface area contributed by atoms with Crippen molar-refractivity contribution in [2.75, 3.05) is 12.3 Å². The SMILES string of the molecule is Cc1ncc(Cn2cc(COC(=O)COc3ccc([N+](=O)[O-])cc3Cl)nn2)c(N)n1. The van der Waals surface area contributed by atoms with Gasteiger partial charge in [0.1, 0.15) is 29.7 Å². The predicted molar refractivity (Wildman–Crippen MR) is 104 cm³/mol. The third-order valence-corrected chi connectivity index (χ3v) is 4.09. The first-order valence-electron chi connectivity index (χ1n) is 8.51. The fraction of sp³-hybridized carbons (Fsp3) is 0.235. The highest BCUT2D eigenvalue weighted by Crippen LogP contribution is 2.28. The van der Waals surface area contributed by atoms with Gasteiger partial charge in [0.25, 0.3) is 5.69 Å². The first-order valence-corrected chi connectivity index (χ1v) is 8.89. The van der Waals surface area contributed by atoms with Crippen LogP contribution in [-0.2, 0) is 22.7 Å². The standard InChI is InChI=1S/C17H16ClN7O5/c1-10-20-5-11(17(19)21-10)6-24-7-12(22-23-24)8-30-16(26)9-29-15-3-2-13(25(27)28)4-14(15)18/h2-5,7H,6,8-9H2,1H3,(H2,19,20,21). The van der Waals surface area contributed by atoms with Crippen molar-refractivity contribution < 1.29 is 19.2 Å². The van der Waals surface area contributed by atoms with Gasteiger partial charge < -0.3 is 15.2 Å². The second-order valence-electron chi connectivity index (χ2n) is 6.06. The van der Waals surface area contributed by atoms with Crippen LogP contribution in [0, 0.1) is 17.0 Å². The summed E-state index contributed by atoms with van der Waals surface area (Å²) in [5.41, 5.74) is 6.77. The highest BCUT2D eigenvalue weighted by molar-refractivity contribution is 6.32. The fourth-order valence-electron chi connectivity index (χ4n) is 2.34. The number of hydrogen-bond acceptors (Lipinski definition) is 10. The van der Waals surface area contributed by atoms with Crippen molar-refractivity contribution in [3.8, 4) is 5.75 Å². The van der Waals surface area contributed by atoms with E-state index < -0.39 is 17.5 Å². The number of ether oxygens (including phenoxy) is 2. The molecular weight excluding hydrogens is 418 g/mol. The number of halogens is 1. The Balaban J connectivity index is 1.49. The Hall–Kier alpha value is -3.80. The fourth-order valence-corrected chi connectivity index (χ4v) is 2.57. The maximum absolute atomic E-state index is 11.9. The smallest absolute Gasteiger partial charge is 0.344 e. The number of nitrogens with zero attached hydrogens (tertiary/aromatic N) is 6. The van der Waals surface area contributed by atoms with E-state index >= 15 is 0 Å². The van der Waals surface area contributed by atoms with Crippen molar-refractivity contribution >= 4 is 29.1 Å². The van der Waals surface area contributed by atoms with Gasteiger partial charge in [-0.2, -0.15) is 0 Å². The molecule has 0 aliphatic rings. The van der Waals surface area contributed by atoms with Crippen molar-refractivity contribution in [2.45, 2.75) is 20.1 Å². The molecule has 0 aliphatic carbocycles.